The van der Waals surface area contributed by atoms with Gasteiger partial charge in [0, 0.05) is 12.6 Å². The number of nitrogens with one attached hydrogen (secondary N) is 1. The minimum Gasteiger partial charge on any atom is -0.480 e. The summed E-state index contributed by atoms with van der Waals surface area (Å²) in [6.45, 7) is 1.53. The molecule has 136 valence electrons. The molecule has 25 heavy (non-hydrogen) atoms. The standard InChI is InChI=1S/C16H21N3O5S/c1-3-4-8-12(16(22)19(2)10-14(20)21)17-15-11-7-5-6-9-13(11)25(23,24)18-15/h5-7,9,12H,3-4,8,10H2,1-2H3,(H,17,18)(H,20,21). The maximum absolute atomic E-state index is 12.5. The molecule has 2 rings (SSSR count). The Bertz CT molecular complexity index is 804. The third-order valence-corrected chi connectivity index (χ3v) is 5.21. The van der Waals surface area contributed by atoms with Crippen molar-refractivity contribution >= 4 is 27.7 Å². The summed E-state index contributed by atoms with van der Waals surface area (Å²) in [4.78, 5) is 28.9. The SMILES string of the molecule is CCCCC(N=C1NS(=O)(=O)c2ccccc21)C(=O)N(C)CC(=O)O. The maximum Gasteiger partial charge on any atom is 0.323 e. The van der Waals surface area contributed by atoms with Gasteiger partial charge in [-0.1, -0.05) is 31.9 Å². The first-order chi connectivity index (χ1) is 11.8. The highest BCUT2D eigenvalue weighted by atomic mass is 32.2. The lowest BCUT2D eigenvalue weighted by molar-refractivity contribution is -0.143. The molecule has 0 spiro atoms. The zero-order valence-electron chi connectivity index (χ0n) is 14.1. The third kappa shape index (κ3) is 4.36. The summed E-state index contributed by atoms with van der Waals surface area (Å²) in [5.74, 6) is -1.45. The maximum atomic E-state index is 12.5. The van der Waals surface area contributed by atoms with Crippen LogP contribution in [0.5, 0.6) is 0 Å². The van der Waals surface area contributed by atoms with Gasteiger partial charge in [0.05, 0.1) is 4.90 Å². The average Bonchev–Trinajstić information content (AvgIpc) is 2.81. The van der Waals surface area contributed by atoms with Crippen LogP contribution in [0, 0.1) is 0 Å². The Morgan fingerprint density at radius 2 is 2.00 bits per heavy atom. The molecule has 0 radical (unpaired) electrons. The van der Waals surface area contributed by atoms with Crippen LogP contribution in [0.25, 0.3) is 0 Å². The number of sulfonamides is 1. The molecule has 9 heteroatoms. The van der Waals surface area contributed by atoms with E-state index in [4.69, 9.17) is 5.11 Å². The van der Waals surface area contributed by atoms with Crippen molar-refractivity contribution in [3.63, 3.8) is 0 Å². The number of carbonyl (C=O) groups excluding carboxylic acids is 1. The number of hydrogen-bond acceptors (Lipinski definition) is 5. The van der Waals surface area contributed by atoms with Crippen LogP contribution in [-0.4, -0.2) is 55.8 Å². The van der Waals surface area contributed by atoms with Gasteiger partial charge < -0.3 is 10.0 Å². The second-order valence-corrected chi connectivity index (χ2v) is 7.48. The lowest BCUT2D eigenvalue weighted by atomic mass is 10.1. The second-order valence-electron chi connectivity index (χ2n) is 5.83. The molecular weight excluding hydrogens is 346 g/mol. The highest BCUT2D eigenvalue weighted by Crippen LogP contribution is 2.23. The van der Waals surface area contributed by atoms with Gasteiger partial charge in [-0.15, -0.1) is 0 Å². The first-order valence-corrected chi connectivity index (χ1v) is 9.41. The van der Waals surface area contributed by atoms with E-state index in [9.17, 15) is 18.0 Å². The fourth-order valence-corrected chi connectivity index (χ4v) is 3.80. The van der Waals surface area contributed by atoms with Crippen molar-refractivity contribution in [1.29, 1.82) is 0 Å². The number of aliphatic imine (C=N–C) groups is 1. The first-order valence-electron chi connectivity index (χ1n) is 7.93. The highest BCUT2D eigenvalue weighted by molar-refractivity contribution is 7.90. The monoisotopic (exact) mass is 367 g/mol. The summed E-state index contributed by atoms with van der Waals surface area (Å²) in [5.41, 5.74) is 0.415. The Morgan fingerprint density at radius 1 is 1.32 bits per heavy atom. The topological polar surface area (TPSA) is 116 Å². The van der Waals surface area contributed by atoms with Crippen LogP contribution in [0.3, 0.4) is 0 Å². The number of fused-ring (bicyclic) bond motifs is 1. The van der Waals surface area contributed by atoms with Crippen molar-refractivity contribution in [3.8, 4) is 0 Å². The number of unbranched alkanes of at least 4 members (excludes halogenated alkanes) is 1. The third-order valence-electron chi connectivity index (χ3n) is 3.81. The lowest BCUT2D eigenvalue weighted by Gasteiger charge is -2.20. The van der Waals surface area contributed by atoms with E-state index in [1.807, 2.05) is 6.92 Å². The minimum atomic E-state index is -3.69. The number of carboxylic acid groups (broad SMARTS) is 1. The Balaban J connectivity index is 2.35. The molecule has 2 N–H and O–H groups in total. The Kier molecular flexibility index (Phi) is 5.78. The van der Waals surface area contributed by atoms with Crippen LogP contribution in [0.4, 0.5) is 0 Å². The zero-order valence-corrected chi connectivity index (χ0v) is 14.9. The summed E-state index contributed by atoms with van der Waals surface area (Å²) >= 11 is 0. The fourth-order valence-electron chi connectivity index (χ4n) is 2.56. The Morgan fingerprint density at radius 3 is 2.64 bits per heavy atom. The number of hydrogen-bond donors (Lipinski definition) is 2. The molecular formula is C16H21N3O5S. The molecule has 0 aliphatic carbocycles. The van der Waals surface area contributed by atoms with Crippen LogP contribution in [-0.2, 0) is 19.6 Å². The molecule has 0 aromatic heterocycles. The van der Waals surface area contributed by atoms with Gasteiger partial charge in [0.1, 0.15) is 18.4 Å². The quantitative estimate of drug-likeness (QED) is 0.740. The number of amidine groups is 1. The van der Waals surface area contributed by atoms with E-state index < -0.39 is 34.5 Å². The molecule has 1 unspecified atom stereocenters. The van der Waals surface area contributed by atoms with Crippen molar-refractivity contribution in [3.05, 3.63) is 29.8 Å². The summed E-state index contributed by atoms with van der Waals surface area (Å²) in [5, 5.41) is 8.85. The van der Waals surface area contributed by atoms with Crippen LogP contribution < -0.4 is 4.72 Å². The summed E-state index contributed by atoms with van der Waals surface area (Å²) in [6, 6.07) is 5.55. The van der Waals surface area contributed by atoms with Crippen molar-refractivity contribution in [2.24, 2.45) is 4.99 Å². The molecule has 1 atom stereocenters. The smallest absolute Gasteiger partial charge is 0.323 e. The first kappa shape index (κ1) is 18.9. The molecule has 0 saturated heterocycles. The molecule has 1 aromatic rings. The van der Waals surface area contributed by atoms with Crippen molar-refractivity contribution < 1.29 is 23.1 Å². The number of benzene rings is 1. The van der Waals surface area contributed by atoms with Gasteiger partial charge in [0.2, 0.25) is 5.91 Å². The van der Waals surface area contributed by atoms with Crippen LogP contribution in [0.15, 0.2) is 34.2 Å². The molecule has 8 nitrogen and oxygen atoms in total. The van der Waals surface area contributed by atoms with E-state index >= 15 is 0 Å². The van der Waals surface area contributed by atoms with Crippen LogP contribution in [0.1, 0.15) is 31.7 Å². The average molecular weight is 367 g/mol. The number of rotatable bonds is 7. The van der Waals surface area contributed by atoms with E-state index in [0.29, 0.717) is 18.4 Å². The van der Waals surface area contributed by atoms with Gasteiger partial charge in [-0.05, 0) is 18.6 Å². The van der Waals surface area contributed by atoms with E-state index in [1.165, 1.54) is 13.1 Å². The summed E-state index contributed by atoms with van der Waals surface area (Å²) < 4.78 is 26.7. The van der Waals surface area contributed by atoms with E-state index in [1.54, 1.807) is 18.2 Å². The number of aliphatic carboxylic acids is 1. The molecule has 1 amide bonds. The molecule has 1 aliphatic heterocycles. The summed E-state index contributed by atoms with van der Waals surface area (Å²) in [7, 11) is -2.29. The molecule has 1 aromatic carbocycles. The van der Waals surface area contributed by atoms with E-state index in [0.717, 1.165) is 11.3 Å². The van der Waals surface area contributed by atoms with Crippen LogP contribution in [0.2, 0.25) is 0 Å². The molecule has 0 bridgehead atoms. The molecule has 0 saturated carbocycles. The van der Waals surface area contributed by atoms with Gasteiger partial charge in [-0.25, -0.2) is 8.42 Å². The number of amides is 1. The Hall–Kier alpha value is -2.42. The number of carbonyl (C=O) groups is 2. The number of nitrogens with zero attached hydrogens (tertiary/aromatic N) is 2. The predicted molar refractivity (Wildman–Crippen MR) is 91.9 cm³/mol. The predicted octanol–water partition coefficient (Wildman–Crippen LogP) is 0.827. The van der Waals surface area contributed by atoms with E-state index in [2.05, 4.69) is 9.71 Å². The van der Waals surface area contributed by atoms with Crippen molar-refractivity contribution in [1.82, 2.24) is 9.62 Å². The normalized spacial score (nSPS) is 17.6. The number of carboxylic acids is 1. The lowest BCUT2D eigenvalue weighted by Crippen LogP contribution is -2.39. The zero-order chi connectivity index (χ0) is 18.6. The fraction of sp³-hybridized carbons (Fsp3) is 0.438. The second kappa shape index (κ2) is 7.64. The van der Waals surface area contributed by atoms with Crippen LogP contribution >= 0.6 is 0 Å². The van der Waals surface area contributed by atoms with Gasteiger partial charge in [0.15, 0.2) is 0 Å². The molecule has 0 fully saturated rings. The highest BCUT2D eigenvalue weighted by Gasteiger charge is 2.32. The molecule has 1 aliphatic rings. The van der Waals surface area contributed by atoms with Gasteiger partial charge in [-0.2, -0.15) is 0 Å². The van der Waals surface area contributed by atoms with Gasteiger partial charge in [-0.3, -0.25) is 19.3 Å². The van der Waals surface area contributed by atoms with Gasteiger partial charge in [0.25, 0.3) is 10.0 Å². The Labute approximate surface area is 146 Å². The van der Waals surface area contributed by atoms with Gasteiger partial charge >= 0.3 is 5.97 Å². The molecule has 1 heterocycles. The van der Waals surface area contributed by atoms with Crippen molar-refractivity contribution in [2.45, 2.75) is 37.1 Å². The number of likely N-dealkylation sites (N-methyl/N-ethyl adjacent to an activating group) is 1. The van der Waals surface area contributed by atoms with E-state index in [-0.39, 0.29) is 10.7 Å². The minimum absolute atomic E-state index is 0.119. The summed E-state index contributed by atoms with van der Waals surface area (Å²) in [6.07, 6.45) is 1.95. The largest absolute Gasteiger partial charge is 0.480 e. The van der Waals surface area contributed by atoms with Crippen molar-refractivity contribution in [2.75, 3.05) is 13.6 Å².